The van der Waals surface area contributed by atoms with E-state index in [1.807, 2.05) is 0 Å². The Kier molecular flexibility index (Phi) is 2.84. The van der Waals surface area contributed by atoms with Gasteiger partial charge in [0.15, 0.2) is 12.6 Å². The van der Waals surface area contributed by atoms with E-state index in [-0.39, 0.29) is 16.9 Å². The second-order valence-corrected chi connectivity index (χ2v) is 2.56. The van der Waals surface area contributed by atoms with E-state index < -0.39 is 12.6 Å². The second-order valence-electron chi connectivity index (χ2n) is 2.56. The van der Waals surface area contributed by atoms with E-state index in [0.717, 1.165) is 6.07 Å². The fourth-order valence-corrected chi connectivity index (χ4v) is 1.02. The highest BCUT2D eigenvalue weighted by Gasteiger charge is 2.14. The summed E-state index contributed by atoms with van der Waals surface area (Å²) in [6.07, 6.45) is -3.64. The Morgan fingerprint density at radius 1 is 0.846 bits per heavy atom. The molecule has 5 heteroatoms. The lowest BCUT2D eigenvalue weighted by atomic mass is 10.1. The third-order valence-electron chi connectivity index (χ3n) is 1.63. The highest BCUT2D eigenvalue weighted by Crippen LogP contribution is 2.25. The first-order valence-electron chi connectivity index (χ1n) is 3.57. The van der Waals surface area contributed by atoms with Gasteiger partial charge in [-0.2, -0.15) is 0 Å². The third-order valence-corrected chi connectivity index (χ3v) is 1.63. The number of phenols is 1. The summed E-state index contributed by atoms with van der Waals surface area (Å²) < 4.78 is 0. The van der Waals surface area contributed by atoms with Gasteiger partial charge < -0.3 is 25.5 Å². The third kappa shape index (κ3) is 2.16. The fraction of sp³-hybridized carbons (Fsp3) is 0.250. The molecule has 0 aromatic heterocycles. The minimum Gasteiger partial charge on any atom is -0.508 e. The Morgan fingerprint density at radius 3 is 1.85 bits per heavy atom. The molecule has 0 fully saturated rings. The first-order chi connectivity index (χ1) is 6.02. The van der Waals surface area contributed by atoms with Gasteiger partial charge in [0.05, 0.1) is 0 Å². The first-order valence-corrected chi connectivity index (χ1v) is 3.57. The summed E-state index contributed by atoms with van der Waals surface area (Å²) in [5.74, 6) is -0.174. The zero-order valence-electron chi connectivity index (χ0n) is 6.62. The smallest absolute Gasteiger partial charge is 0.179 e. The molecule has 0 saturated heterocycles. The van der Waals surface area contributed by atoms with E-state index in [1.165, 1.54) is 12.1 Å². The molecule has 1 rings (SSSR count). The predicted octanol–water partition coefficient (Wildman–Crippen LogP) is -0.641. The van der Waals surface area contributed by atoms with E-state index in [1.54, 1.807) is 0 Å². The van der Waals surface area contributed by atoms with Crippen LogP contribution in [0.5, 0.6) is 5.75 Å². The SMILES string of the molecule is Oc1ccc(C(O)O)c(C(O)O)c1. The van der Waals surface area contributed by atoms with Crippen LogP contribution in [0.15, 0.2) is 18.2 Å². The predicted molar refractivity (Wildman–Crippen MR) is 42.5 cm³/mol. The van der Waals surface area contributed by atoms with E-state index in [2.05, 4.69) is 0 Å². The zero-order chi connectivity index (χ0) is 10.0. The van der Waals surface area contributed by atoms with Crippen LogP contribution in [0.25, 0.3) is 0 Å². The van der Waals surface area contributed by atoms with Crippen molar-refractivity contribution < 1.29 is 25.5 Å². The van der Waals surface area contributed by atoms with E-state index in [4.69, 9.17) is 25.5 Å². The Morgan fingerprint density at radius 2 is 1.38 bits per heavy atom. The van der Waals surface area contributed by atoms with Crippen LogP contribution < -0.4 is 0 Å². The second kappa shape index (κ2) is 3.71. The molecule has 13 heavy (non-hydrogen) atoms. The molecule has 0 bridgehead atoms. The lowest BCUT2D eigenvalue weighted by Crippen LogP contribution is -2.05. The standard InChI is InChI=1S/C8H10O5/c9-4-1-2-5(7(10)11)6(3-4)8(12)13/h1-3,7-13H. The highest BCUT2D eigenvalue weighted by atomic mass is 16.5. The fourth-order valence-electron chi connectivity index (χ4n) is 1.02. The Balaban J connectivity index is 3.19. The summed E-state index contributed by atoms with van der Waals surface area (Å²) >= 11 is 0. The van der Waals surface area contributed by atoms with Crippen LogP contribution in [0.4, 0.5) is 0 Å². The first kappa shape index (κ1) is 9.94. The highest BCUT2D eigenvalue weighted by molar-refractivity contribution is 5.36. The van der Waals surface area contributed by atoms with Crippen LogP contribution in [0.2, 0.25) is 0 Å². The molecule has 0 radical (unpaired) electrons. The van der Waals surface area contributed by atoms with Crippen molar-refractivity contribution in [3.8, 4) is 5.75 Å². The number of aliphatic hydroxyl groups excluding tert-OH is 2. The van der Waals surface area contributed by atoms with Crippen molar-refractivity contribution in [3.63, 3.8) is 0 Å². The molecular weight excluding hydrogens is 176 g/mol. The van der Waals surface area contributed by atoms with Crippen molar-refractivity contribution in [2.45, 2.75) is 12.6 Å². The van der Waals surface area contributed by atoms with E-state index >= 15 is 0 Å². The van der Waals surface area contributed by atoms with Crippen LogP contribution in [0.1, 0.15) is 23.7 Å². The lowest BCUT2D eigenvalue weighted by molar-refractivity contribution is -0.0635. The van der Waals surface area contributed by atoms with Crippen LogP contribution in [-0.4, -0.2) is 25.5 Å². The Labute approximate surface area is 74.1 Å². The molecule has 0 spiro atoms. The minimum absolute atomic E-state index is 0.0483. The molecular formula is C8H10O5. The van der Waals surface area contributed by atoms with Gasteiger partial charge in [0.1, 0.15) is 5.75 Å². The number of phenolic OH excluding ortho intramolecular Hbond substituents is 1. The number of hydrogen-bond acceptors (Lipinski definition) is 5. The number of rotatable bonds is 2. The van der Waals surface area contributed by atoms with Crippen molar-refractivity contribution in [1.29, 1.82) is 0 Å². The number of aromatic hydroxyl groups is 1. The molecule has 5 nitrogen and oxygen atoms in total. The van der Waals surface area contributed by atoms with Gasteiger partial charge in [-0.1, -0.05) is 0 Å². The van der Waals surface area contributed by atoms with Gasteiger partial charge in [-0.15, -0.1) is 0 Å². The van der Waals surface area contributed by atoms with Crippen LogP contribution in [0.3, 0.4) is 0 Å². The molecule has 0 atom stereocenters. The summed E-state index contributed by atoms with van der Waals surface area (Å²) in [6, 6.07) is 3.48. The van der Waals surface area contributed by atoms with Crippen molar-refractivity contribution in [3.05, 3.63) is 29.3 Å². The summed E-state index contributed by atoms with van der Waals surface area (Å²) in [5, 5.41) is 44.2. The molecule has 0 amide bonds. The average Bonchev–Trinajstić information content (AvgIpc) is 2.03. The summed E-state index contributed by atoms with van der Waals surface area (Å²) in [7, 11) is 0. The topological polar surface area (TPSA) is 101 Å². The molecule has 0 heterocycles. The van der Waals surface area contributed by atoms with Crippen molar-refractivity contribution >= 4 is 0 Å². The number of benzene rings is 1. The van der Waals surface area contributed by atoms with Crippen molar-refractivity contribution in [1.82, 2.24) is 0 Å². The van der Waals surface area contributed by atoms with Gasteiger partial charge in [-0.3, -0.25) is 0 Å². The van der Waals surface area contributed by atoms with Crippen molar-refractivity contribution in [2.24, 2.45) is 0 Å². The molecule has 72 valence electrons. The molecule has 0 aliphatic heterocycles. The van der Waals surface area contributed by atoms with E-state index in [9.17, 15) is 0 Å². The molecule has 5 N–H and O–H groups in total. The molecule has 0 saturated carbocycles. The number of hydrogen-bond donors (Lipinski definition) is 5. The normalized spacial score (nSPS) is 11.2. The van der Waals surface area contributed by atoms with Gasteiger partial charge >= 0.3 is 0 Å². The van der Waals surface area contributed by atoms with Gasteiger partial charge in [0.25, 0.3) is 0 Å². The van der Waals surface area contributed by atoms with Gasteiger partial charge in [-0.05, 0) is 18.2 Å². The largest absolute Gasteiger partial charge is 0.508 e. The maximum atomic E-state index is 8.98. The minimum atomic E-state index is -1.84. The summed E-state index contributed by atoms with van der Waals surface area (Å²) in [5.41, 5.74) is -0.178. The quantitative estimate of drug-likeness (QED) is 0.395. The number of aliphatic hydroxyl groups is 4. The Bertz CT molecular complexity index is 295. The van der Waals surface area contributed by atoms with Gasteiger partial charge in [0, 0.05) is 11.1 Å². The molecule has 0 aliphatic rings. The average molecular weight is 186 g/mol. The maximum Gasteiger partial charge on any atom is 0.179 e. The Hall–Kier alpha value is -1.14. The van der Waals surface area contributed by atoms with Crippen LogP contribution >= 0.6 is 0 Å². The molecule has 1 aromatic carbocycles. The van der Waals surface area contributed by atoms with Gasteiger partial charge in [-0.25, -0.2) is 0 Å². The van der Waals surface area contributed by atoms with Crippen LogP contribution in [0, 0.1) is 0 Å². The lowest BCUT2D eigenvalue weighted by Gasteiger charge is -2.12. The van der Waals surface area contributed by atoms with Crippen LogP contribution in [-0.2, 0) is 0 Å². The molecule has 0 unspecified atom stereocenters. The summed E-state index contributed by atoms with van der Waals surface area (Å²) in [4.78, 5) is 0. The van der Waals surface area contributed by atoms with E-state index in [0.29, 0.717) is 0 Å². The zero-order valence-corrected chi connectivity index (χ0v) is 6.62. The molecule has 1 aromatic rings. The van der Waals surface area contributed by atoms with Gasteiger partial charge in [0.2, 0.25) is 0 Å². The monoisotopic (exact) mass is 186 g/mol. The molecule has 0 aliphatic carbocycles. The maximum absolute atomic E-state index is 8.98. The summed E-state index contributed by atoms with van der Waals surface area (Å²) in [6.45, 7) is 0. The van der Waals surface area contributed by atoms with Crippen molar-refractivity contribution in [2.75, 3.05) is 0 Å².